The van der Waals surface area contributed by atoms with Gasteiger partial charge in [0.1, 0.15) is 6.61 Å². The van der Waals surface area contributed by atoms with Gasteiger partial charge in [-0.1, -0.05) is 6.92 Å². The lowest BCUT2D eigenvalue weighted by Gasteiger charge is -2.29. The summed E-state index contributed by atoms with van der Waals surface area (Å²) in [5.74, 6) is -0.380. The van der Waals surface area contributed by atoms with Crippen LogP contribution >= 0.6 is 0 Å². The Kier molecular flexibility index (Phi) is 7.23. The summed E-state index contributed by atoms with van der Waals surface area (Å²) in [6, 6.07) is 0. The molecule has 1 amide bonds. The average molecular weight is 271 g/mol. The number of hydrogen-bond donors (Lipinski definition) is 2. The van der Waals surface area contributed by atoms with Crippen molar-refractivity contribution in [2.45, 2.75) is 44.8 Å². The molecule has 0 aliphatic heterocycles. The van der Waals surface area contributed by atoms with E-state index in [1.807, 2.05) is 6.92 Å². The summed E-state index contributed by atoms with van der Waals surface area (Å²) in [5.41, 5.74) is -0.532. The van der Waals surface area contributed by atoms with Gasteiger partial charge in [0.25, 0.3) is 0 Å². The fourth-order valence-electron chi connectivity index (χ4n) is 1.33. The number of nitrogens with one attached hydrogen (secondary N) is 1. The maximum Gasteiger partial charge on any atom is 0.411 e. The van der Waals surface area contributed by atoms with Gasteiger partial charge in [-0.2, -0.15) is 13.2 Å². The van der Waals surface area contributed by atoms with E-state index < -0.39 is 18.3 Å². The van der Waals surface area contributed by atoms with E-state index >= 15 is 0 Å². The third kappa shape index (κ3) is 8.30. The molecule has 18 heavy (non-hydrogen) atoms. The molecule has 0 radical (unpaired) electrons. The van der Waals surface area contributed by atoms with E-state index in [9.17, 15) is 18.0 Å². The maximum absolute atomic E-state index is 11.8. The molecule has 0 aromatic carbocycles. The molecule has 4 nitrogen and oxygen atoms in total. The van der Waals surface area contributed by atoms with Crippen LogP contribution in [0.2, 0.25) is 0 Å². The molecule has 0 fully saturated rings. The second-order valence-electron chi connectivity index (χ2n) is 4.35. The summed E-state index contributed by atoms with van der Waals surface area (Å²) in [7, 11) is 0. The molecule has 0 bridgehead atoms. The molecule has 1 atom stereocenters. The summed E-state index contributed by atoms with van der Waals surface area (Å²) in [4.78, 5) is 11.5. The molecular formula is C11H20F3NO3. The number of halogens is 3. The zero-order chi connectivity index (χ0) is 14.2. The maximum atomic E-state index is 11.8. The standard InChI is InChI=1S/C11H20F3NO3/c1-3-10(2,5-6-16)15-9(17)4-7-18-8-11(12,13)14/h16H,3-8H2,1-2H3,(H,15,17). The first-order valence-corrected chi connectivity index (χ1v) is 5.79. The van der Waals surface area contributed by atoms with Crippen LogP contribution in [0.25, 0.3) is 0 Å². The van der Waals surface area contributed by atoms with Gasteiger partial charge in [-0.15, -0.1) is 0 Å². The Morgan fingerprint density at radius 2 is 2.00 bits per heavy atom. The van der Waals surface area contributed by atoms with Crippen LogP contribution in [0.3, 0.4) is 0 Å². The predicted molar refractivity (Wildman–Crippen MR) is 60.0 cm³/mol. The lowest BCUT2D eigenvalue weighted by atomic mass is 9.95. The van der Waals surface area contributed by atoms with Crippen molar-refractivity contribution < 1.29 is 27.8 Å². The Bertz CT molecular complexity index is 258. The van der Waals surface area contributed by atoms with Gasteiger partial charge in [-0.25, -0.2) is 0 Å². The third-order valence-corrected chi connectivity index (χ3v) is 2.62. The minimum Gasteiger partial charge on any atom is -0.396 e. The molecule has 0 heterocycles. The van der Waals surface area contributed by atoms with E-state index in [1.165, 1.54) is 0 Å². The molecule has 108 valence electrons. The fraction of sp³-hybridized carbons (Fsp3) is 0.909. The van der Waals surface area contributed by atoms with Crippen molar-refractivity contribution >= 4 is 5.91 Å². The van der Waals surface area contributed by atoms with Gasteiger partial charge in [-0.3, -0.25) is 4.79 Å². The summed E-state index contributed by atoms with van der Waals surface area (Å²) >= 11 is 0. The van der Waals surface area contributed by atoms with Crippen molar-refractivity contribution in [3.05, 3.63) is 0 Å². The van der Waals surface area contributed by atoms with Crippen LogP contribution in [0.15, 0.2) is 0 Å². The largest absolute Gasteiger partial charge is 0.411 e. The molecule has 2 N–H and O–H groups in total. The summed E-state index contributed by atoms with van der Waals surface area (Å²) in [5, 5.41) is 11.5. The Hall–Kier alpha value is -0.820. The van der Waals surface area contributed by atoms with E-state index in [2.05, 4.69) is 10.1 Å². The minimum absolute atomic E-state index is 0.0603. The zero-order valence-corrected chi connectivity index (χ0v) is 10.6. The summed E-state index contributed by atoms with van der Waals surface area (Å²) in [6.07, 6.45) is -3.47. The summed E-state index contributed by atoms with van der Waals surface area (Å²) < 4.78 is 39.6. The number of amides is 1. The SMILES string of the molecule is CCC(C)(CCO)NC(=O)CCOCC(F)(F)F. The highest BCUT2D eigenvalue weighted by Crippen LogP contribution is 2.15. The van der Waals surface area contributed by atoms with Crippen LogP contribution in [-0.4, -0.2) is 42.5 Å². The average Bonchev–Trinajstić information content (AvgIpc) is 2.23. The van der Waals surface area contributed by atoms with E-state index in [-0.39, 0.29) is 25.5 Å². The van der Waals surface area contributed by atoms with Gasteiger partial charge in [0.2, 0.25) is 5.91 Å². The normalized spacial score (nSPS) is 15.2. The minimum atomic E-state index is -4.37. The van der Waals surface area contributed by atoms with E-state index in [4.69, 9.17) is 5.11 Å². The van der Waals surface area contributed by atoms with Crippen LogP contribution in [0.1, 0.15) is 33.1 Å². The van der Waals surface area contributed by atoms with E-state index in [0.717, 1.165) is 0 Å². The zero-order valence-electron chi connectivity index (χ0n) is 10.6. The molecule has 0 aliphatic rings. The Morgan fingerprint density at radius 3 is 2.44 bits per heavy atom. The molecule has 0 saturated carbocycles. The van der Waals surface area contributed by atoms with Crippen LogP contribution < -0.4 is 5.32 Å². The van der Waals surface area contributed by atoms with Crippen molar-refractivity contribution in [3.63, 3.8) is 0 Å². The fourth-order valence-corrected chi connectivity index (χ4v) is 1.33. The van der Waals surface area contributed by atoms with E-state index in [0.29, 0.717) is 12.8 Å². The predicted octanol–water partition coefficient (Wildman–Crippen LogP) is 1.62. The second kappa shape index (κ2) is 7.58. The Labute approximate surface area is 105 Å². The van der Waals surface area contributed by atoms with Crippen molar-refractivity contribution in [1.82, 2.24) is 5.32 Å². The number of ether oxygens (including phenoxy) is 1. The molecule has 0 saturated heterocycles. The Balaban J connectivity index is 3.89. The number of alkyl halides is 3. The van der Waals surface area contributed by atoms with Gasteiger partial charge < -0.3 is 15.2 Å². The number of hydrogen-bond acceptors (Lipinski definition) is 3. The first-order valence-electron chi connectivity index (χ1n) is 5.79. The van der Waals surface area contributed by atoms with Crippen molar-refractivity contribution in [2.24, 2.45) is 0 Å². The number of carbonyl (C=O) groups excluding carboxylic acids is 1. The van der Waals surface area contributed by atoms with E-state index in [1.54, 1.807) is 6.92 Å². The van der Waals surface area contributed by atoms with Crippen LogP contribution in [0.4, 0.5) is 13.2 Å². The van der Waals surface area contributed by atoms with Crippen molar-refractivity contribution in [3.8, 4) is 0 Å². The topological polar surface area (TPSA) is 58.6 Å². The lowest BCUT2D eigenvalue weighted by molar-refractivity contribution is -0.174. The number of aliphatic hydroxyl groups excluding tert-OH is 1. The van der Waals surface area contributed by atoms with Crippen molar-refractivity contribution in [1.29, 1.82) is 0 Å². The van der Waals surface area contributed by atoms with Crippen molar-refractivity contribution in [2.75, 3.05) is 19.8 Å². The first-order chi connectivity index (χ1) is 8.22. The van der Waals surface area contributed by atoms with Crippen LogP contribution in [-0.2, 0) is 9.53 Å². The van der Waals surface area contributed by atoms with Gasteiger partial charge in [0.15, 0.2) is 0 Å². The summed E-state index contributed by atoms with van der Waals surface area (Å²) in [6.45, 7) is 1.95. The monoisotopic (exact) mass is 271 g/mol. The molecule has 1 unspecified atom stereocenters. The van der Waals surface area contributed by atoms with Gasteiger partial charge in [0, 0.05) is 18.6 Å². The van der Waals surface area contributed by atoms with Crippen LogP contribution in [0.5, 0.6) is 0 Å². The first kappa shape index (κ1) is 17.2. The molecular weight excluding hydrogens is 251 g/mol. The molecule has 0 aromatic rings. The Morgan fingerprint density at radius 1 is 1.39 bits per heavy atom. The number of rotatable bonds is 8. The highest BCUT2D eigenvalue weighted by atomic mass is 19.4. The number of aliphatic hydroxyl groups is 1. The quantitative estimate of drug-likeness (QED) is 0.660. The van der Waals surface area contributed by atoms with Gasteiger partial charge in [0.05, 0.1) is 6.61 Å². The molecule has 7 heteroatoms. The van der Waals surface area contributed by atoms with Gasteiger partial charge in [-0.05, 0) is 19.8 Å². The highest BCUT2D eigenvalue weighted by molar-refractivity contribution is 5.76. The second-order valence-corrected chi connectivity index (χ2v) is 4.35. The van der Waals surface area contributed by atoms with Gasteiger partial charge >= 0.3 is 6.18 Å². The highest BCUT2D eigenvalue weighted by Gasteiger charge is 2.28. The number of carbonyl (C=O) groups is 1. The lowest BCUT2D eigenvalue weighted by Crippen LogP contribution is -2.46. The molecule has 0 aliphatic carbocycles. The molecule has 0 rings (SSSR count). The molecule has 0 aromatic heterocycles. The van der Waals surface area contributed by atoms with Crippen LogP contribution in [0, 0.1) is 0 Å². The molecule has 0 spiro atoms. The smallest absolute Gasteiger partial charge is 0.396 e. The third-order valence-electron chi connectivity index (χ3n) is 2.62.